The average Bonchev–Trinajstić information content (AvgIpc) is 2.81. The summed E-state index contributed by atoms with van der Waals surface area (Å²) in [6.07, 6.45) is -9.07. The van der Waals surface area contributed by atoms with E-state index in [4.69, 9.17) is 9.84 Å². The van der Waals surface area contributed by atoms with Gasteiger partial charge in [0, 0.05) is 44.4 Å². The fraction of sp³-hybridized carbons (Fsp3) is 0.375. The summed E-state index contributed by atoms with van der Waals surface area (Å²) >= 11 is 0. The van der Waals surface area contributed by atoms with Crippen LogP contribution < -0.4 is 4.74 Å². The number of nitrogens with zero attached hydrogens (tertiary/aromatic N) is 2. The summed E-state index contributed by atoms with van der Waals surface area (Å²) in [4.78, 5) is 16.0. The molecule has 0 aliphatic carbocycles. The molecule has 1 heterocycles. The average molecular weight is 501 g/mol. The van der Waals surface area contributed by atoms with Gasteiger partial charge in [0.1, 0.15) is 5.75 Å². The number of benzene rings is 2. The van der Waals surface area contributed by atoms with Crippen molar-refractivity contribution >= 4 is 12.0 Å². The van der Waals surface area contributed by atoms with Gasteiger partial charge in [0.25, 0.3) is 0 Å². The number of carbonyl (C=O) groups is 1. The number of rotatable bonds is 6. The number of ether oxygens (including phenoxy) is 1. The zero-order chi connectivity index (χ0) is 25.8. The van der Waals surface area contributed by atoms with Crippen molar-refractivity contribution < 1.29 is 41.0 Å². The van der Waals surface area contributed by atoms with Gasteiger partial charge in [-0.2, -0.15) is 26.3 Å². The lowest BCUT2D eigenvalue weighted by atomic mass is 9.90. The van der Waals surface area contributed by atoms with E-state index >= 15 is 0 Å². The number of hydrogen-bond acceptors (Lipinski definition) is 4. The van der Waals surface area contributed by atoms with E-state index in [0.29, 0.717) is 19.6 Å². The summed E-state index contributed by atoms with van der Waals surface area (Å²) in [6, 6.07) is 8.53. The third-order valence-electron chi connectivity index (χ3n) is 5.63. The highest BCUT2D eigenvalue weighted by atomic mass is 19.4. The van der Waals surface area contributed by atoms with E-state index in [1.54, 1.807) is 12.1 Å². The maximum absolute atomic E-state index is 14.0. The first-order valence-corrected chi connectivity index (χ1v) is 10.6. The van der Waals surface area contributed by atoms with Gasteiger partial charge in [-0.05, 0) is 35.4 Å². The molecule has 1 aliphatic heterocycles. The molecular weight excluding hydrogens is 478 g/mol. The predicted molar refractivity (Wildman–Crippen MR) is 116 cm³/mol. The van der Waals surface area contributed by atoms with Gasteiger partial charge in [0.15, 0.2) is 0 Å². The van der Waals surface area contributed by atoms with E-state index in [0.717, 1.165) is 18.2 Å². The molecule has 0 saturated carbocycles. The molecule has 5 nitrogen and oxygen atoms in total. The van der Waals surface area contributed by atoms with Crippen LogP contribution in [0.1, 0.15) is 16.7 Å². The first-order valence-electron chi connectivity index (χ1n) is 10.6. The van der Waals surface area contributed by atoms with Crippen LogP contribution in [0.15, 0.2) is 36.4 Å². The molecule has 189 valence electrons. The third-order valence-corrected chi connectivity index (χ3v) is 5.63. The van der Waals surface area contributed by atoms with Gasteiger partial charge >= 0.3 is 12.4 Å². The van der Waals surface area contributed by atoms with Gasteiger partial charge in [-0.1, -0.05) is 18.2 Å². The van der Waals surface area contributed by atoms with Crippen LogP contribution >= 0.6 is 0 Å². The second-order valence-corrected chi connectivity index (χ2v) is 7.79. The lowest BCUT2D eigenvalue weighted by molar-refractivity contribution is -0.162. The number of piperazine rings is 1. The molecule has 1 aliphatic rings. The maximum atomic E-state index is 14.0. The first kappa shape index (κ1) is 26.6. The van der Waals surface area contributed by atoms with Crippen molar-refractivity contribution in [1.29, 1.82) is 0 Å². The van der Waals surface area contributed by atoms with Crippen molar-refractivity contribution in [2.45, 2.75) is 12.4 Å². The van der Waals surface area contributed by atoms with Crippen LogP contribution in [0.3, 0.4) is 0 Å². The minimum Gasteiger partial charge on any atom is -0.496 e. The molecule has 0 unspecified atom stereocenters. The molecule has 0 spiro atoms. The van der Waals surface area contributed by atoms with E-state index in [9.17, 15) is 31.1 Å². The van der Waals surface area contributed by atoms with Crippen molar-refractivity contribution in [3.63, 3.8) is 0 Å². The number of aliphatic hydroxyl groups excluding tert-OH is 1. The van der Waals surface area contributed by atoms with Gasteiger partial charge in [-0.3, -0.25) is 9.69 Å². The summed E-state index contributed by atoms with van der Waals surface area (Å²) in [7, 11) is 1.28. The largest absolute Gasteiger partial charge is 0.496 e. The van der Waals surface area contributed by atoms with Crippen molar-refractivity contribution in [1.82, 2.24) is 9.80 Å². The van der Waals surface area contributed by atoms with Gasteiger partial charge in [-0.25, -0.2) is 0 Å². The molecule has 2 aromatic rings. The minimum absolute atomic E-state index is 0.0492. The van der Waals surface area contributed by atoms with Crippen LogP contribution in [0.5, 0.6) is 5.75 Å². The minimum atomic E-state index is -5.38. The molecule has 1 fully saturated rings. The summed E-state index contributed by atoms with van der Waals surface area (Å²) in [5.74, 6) is -0.482. The molecule has 1 saturated heterocycles. The van der Waals surface area contributed by atoms with E-state index in [1.807, 2.05) is 4.90 Å². The Hall–Kier alpha value is -3.05. The van der Waals surface area contributed by atoms with Crippen molar-refractivity contribution in [3.05, 3.63) is 59.2 Å². The fourth-order valence-electron chi connectivity index (χ4n) is 3.94. The number of amides is 1. The van der Waals surface area contributed by atoms with Gasteiger partial charge in [0.2, 0.25) is 5.91 Å². The van der Waals surface area contributed by atoms with E-state index in [1.165, 1.54) is 30.2 Å². The summed E-state index contributed by atoms with van der Waals surface area (Å²) in [6.45, 7) is 1.83. The fourth-order valence-corrected chi connectivity index (χ4v) is 3.94. The quantitative estimate of drug-likeness (QED) is 0.473. The number of halogens is 6. The van der Waals surface area contributed by atoms with Crippen molar-refractivity contribution in [3.8, 4) is 16.9 Å². The standard InChI is InChI=1S/C24H23F6N2O3/c1-35-20-5-3-2-4-17(20)16-6-8-19(23(25,26)27)22(24(28,29)30)18(16)7-9-21(34)32-12-10-31(11-13-32)14-15-33/h2-7,9,33H,10-15H2,1H3/b9-7+. The molecule has 1 N–H and O–H groups in total. The zero-order valence-corrected chi connectivity index (χ0v) is 18.7. The topological polar surface area (TPSA) is 53.0 Å². The van der Waals surface area contributed by atoms with Gasteiger partial charge in [-0.15, -0.1) is 0 Å². The Morgan fingerprint density at radius 2 is 1.71 bits per heavy atom. The third kappa shape index (κ3) is 6.15. The number of carbonyl (C=O) groups excluding carboxylic acids is 1. The van der Waals surface area contributed by atoms with E-state index in [-0.39, 0.29) is 36.6 Å². The second-order valence-electron chi connectivity index (χ2n) is 7.79. The van der Waals surface area contributed by atoms with Crippen LogP contribution in [0, 0.1) is 6.07 Å². The Labute approximate surface area is 198 Å². The lowest BCUT2D eigenvalue weighted by Gasteiger charge is -2.33. The molecule has 1 amide bonds. The van der Waals surface area contributed by atoms with Crippen LogP contribution in [0.4, 0.5) is 26.3 Å². The number of para-hydroxylation sites is 1. The molecule has 0 bridgehead atoms. The highest BCUT2D eigenvalue weighted by molar-refractivity contribution is 5.94. The van der Waals surface area contributed by atoms with Crippen LogP contribution in [0.2, 0.25) is 0 Å². The molecule has 3 rings (SSSR count). The molecular formula is C24H23F6N2O3. The first-order chi connectivity index (χ1) is 16.5. The van der Waals surface area contributed by atoms with Crippen molar-refractivity contribution in [2.24, 2.45) is 0 Å². The predicted octanol–water partition coefficient (Wildman–Crippen LogP) is 4.35. The molecule has 0 atom stereocenters. The molecule has 35 heavy (non-hydrogen) atoms. The smallest absolute Gasteiger partial charge is 0.417 e. The number of hydrogen-bond donors (Lipinski definition) is 1. The molecule has 2 aromatic carbocycles. The van der Waals surface area contributed by atoms with Crippen LogP contribution in [-0.2, 0) is 17.1 Å². The SMILES string of the molecule is COc1ccccc1-c1c[c]c(C(F)(F)F)c(C(F)(F)F)c1/C=C/C(=O)N1CCN(CCO)CC1. The van der Waals surface area contributed by atoms with Gasteiger partial charge in [0.05, 0.1) is 24.8 Å². The molecule has 1 radical (unpaired) electrons. The van der Waals surface area contributed by atoms with Gasteiger partial charge < -0.3 is 14.7 Å². The Morgan fingerprint density at radius 1 is 1.06 bits per heavy atom. The Balaban J connectivity index is 2.10. The maximum Gasteiger partial charge on any atom is 0.417 e. The van der Waals surface area contributed by atoms with Crippen LogP contribution in [0.25, 0.3) is 17.2 Å². The molecule has 0 aromatic heterocycles. The Kier molecular flexibility index (Phi) is 8.11. The van der Waals surface area contributed by atoms with E-state index < -0.39 is 35.0 Å². The highest BCUT2D eigenvalue weighted by Crippen LogP contribution is 2.46. The lowest BCUT2D eigenvalue weighted by Crippen LogP contribution is -2.48. The highest BCUT2D eigenvalue weighted by Gasteiger charge is 2.45. The molecule has 11 heteroatoms. The summed E-state index contributed by atoms with van der Waals surface area (Å²) in [5, 5.41) is 9.02. The van der Waals surface area contributed by atoms with E-state index in [2.05, 4.69) is 0 Å². The summed E-state index contributed by atoms with van der Waals surface area (Å²) < 4.78 is 87.9. The second kappa shape index (κ2) is 10.7. The normalized spacial score (nSPS) is 15.6. The van der Waals surface area contributed by atoms with Crippen molar-refractivity contribution in [2.75, 3.05) is 46.4 Å². The summed E-state index contributed by atoms with van der Waals surface area (Å²) in [5.41, 5.74) is -4.78. The monoisotopic (exact) mass is 501 g/mol. The number of alkyl halides is 6. The zero-order valence-electron chi connectivity index (χ0n) is 18.7. The number of aliphatic hydroxyl groups is 1. The van der Waals surface area contributed by atoms with Crippen LogP contribution in [-0.4, -0.2) is 67.3 Å². The number of β-amino-alcohol motifs (C(OH)–C–C–N with tert-alkyl or cyclic N) is 1. The Morgan fingerprint density at radius 3 is 2.29 bits per heavy atom. The Bertz CT molecular complexity index is 1070. The number of methoxy groups -OCH3 is 1.